The Morgan fingerprint density at radius 1 is 1.19 bits per heavy atom. The summed E-state index contributed by atoms with van der Waals surface area (Å²) in [7, 11) is 1.43. The summed E-state index contributed by atoms with van der Waals surface area (Å²) in [5.41, 5.74) is 0. The van der Waals surface area contributed by atoms with Crippen LogP contribution in [0.4, 0.5) is 0 Å². The lowest BCUT2D eigenvalue weighted by Gasteiger charge is -2.19. The number of methoxy groups -OCH3 is 1. The van der Waals surface area contributed by atoms with Gasteiger partial charge in [0.1, 0.15) is 0 Å². The van der Waals surface area contributed by atoms with Crippen LogP contribution in [0.5, 0.6) is 0 Å². The number of nitrogens with one attached hydrogen (secondary N) is 1. The molecule has 0 bridgehead atoms. The van der Waals surface area contributed by atoms with E-state index >= 15 is 0 Å². The Kier molecular flexibility index (Phi) is 9.30. The average molecular weight is 229 g/mol. The lowest BCUT2D eigenvalue weighted by Crippen LogP contribution is -2.36. The van der Waals surface area contributed by atoms with Gasteiger partial charge in [0.2, 0.25) is 0 Å². The maximum absolute atomic E-state index is 11.0. The molecule has 0 aliphatic heterocycles. The van der Waals surface area contributed by atoms with Gasteiger partial charge in [0.15, 0.2) is 0 Å². The van der Waals surface area contributed by atoms with Gasteiger partial charge < -0.3 is 10.1 Å². The molecule has 0 rings (SSSR count). The van der Waals surface area contributed by atoms with E-state index in [4.69, 9.17) is 0 Å². The number of ether oxygens (including phenoxy) is 1. The molecule has 2 atom stereocenters. The zero-order chi connectivity index (χ0) is 12.4. The molecule has 0 heterocycles. The van der Waals surface area contributed by atoms with Crippen molar-refractivity contribution in [1.82, 2.24) is 5.32 Å². The molecule has 3 heteroatoms. The maximum Gasteiger partial charge on any atom is 0.307 e. The third-order valence-electron chi connectivity index (χ3n) is 2.76. The normalized spacial score (nSPS) is 14.5. The molecule has 0 aromatic heterocycles. The number of hydrogen-bond acceptors (Lipinski definition) is 3. The van der Waals surface area contributed by atoms with Gasteiger partial charge in [-0.1, -0.05) is 32.6 Å². The summed E-state index contributed by atoms with van der Waals surface area (Å²) in [5.74, 6) is -0.141. The highest BCUT2D eigenvalue weighted by Crippen LogP contribution is 2.06. The third-order valence-corrected chi connectivity index (χ3v) is 2.76. The predicted octanol–water partition coefficient (Wildman–Crippen LogP) is 2.89. The molecule has 0 amide bonds. The summed E-state index contributed by atoms with van der Waals surface area (Å²) in [6.07, 6.45) is 6.83. The van der Waals surface area contributed by atoms with Crippen molar-refractivity contribution in [3.8, 4) is 0 Å². The molecule has 0 radical (unpaired) electrons. The third kappa shape index (κ3) is 8.72. The van der Waals surface area contributed by atoms with Crippen LogP contribution in [0.3, 0.4) is 0 Å². The molecule has 16 heavy (non-hydrogen) atoms. The molecule has 0 saturated heterocycles. The van der Waals surface area contributed by atoms with E-state index in [9.17, 15) is 4.79 Å². The molecular formula is C13H27NO2. The van der Waals surface area contributed by atoms with Crippen molar-refractivity contribution < 1.29 is 9.53 Å². The zero-order valence-corrected chi connectivity index (χ0v) is 11.2. The van der Waals surface area contributed by atoms with Crippen LogP contribution in [0.25, 0.3) is 0 Å². The Balaban J connectivity index is 3.53. The van der Waals surface area contributed by atoms with Crippen LogP contribution in [0.2, 0.25) is 0 Å². The number of hydrogen-bond donors (Lipinski definition) is 1. The van der Waals surface area contributed by atoms with Crippen molar-refractivity contribution in [3.05, 3.63) is 0 Å². The van der Waals surface area contributed by atoms with Gasteiger partial charge in [-0.25, -0.2) is 0 Å². The van der Waals surface area contributed by atoms with Crippen LogP contribution in [0.15, 0.2) is 0 Å². The van der Waals surface area contributed by atoms with Crippen LogP contribution in [-0.2, 0) is 9.53 Å². The minimum absolute atomic E-state index is 0.141. The highest BCUT2D eigenvalue weighted by Gasteiger charge is 2.11. The first-order valence-corrected chi connectivity index (χ1v) is 6.43. The summed E-state index contributed by atoms with van der Waals surface area (Å²) >= 11 is 0. The van der Waals surface area contributed by atoms with Crippen molar-refractivity contribution in [2.24, 2.45) is 0 Å². The number of unbranched alkanes of at least 4 members (excludes halogenated alkanes) is 3. The summed E-state index contributed by atoms with van der Waals surface area (Å²) < 4.78 is 4.64. The SMILES string of the molecule is CCCCCCC(C)NC(C)CC(=O)OC. The van der Waals surface area contributed by atoms with Crippen molar-refractivity contribution in [3.63, 3.8) is 0 Å². The predicted molar refractivity (Wildman–Crippen MR) is 67.5 cm³/mol. The van der Waals surface area contributed by atoms with Crippen LogP contribution in [0, 0.1) is 0 Å². The number of rotatable bonds is 9. The van der Waals surface area contributed by atoms with E-state index in [1.807, 2.05) is 6.92 Å². The second-order valence-corrected chi connectivity index (χ2v) is 4.60. The first-order valence-electron chi connectivity index (χ1n) is 6.43. The quantitative estimate of drug-likeness (QED) is 0.488. The van der Waals surface area contributed by atoms with Gasteiger partial charge >= 0.3 is 5.97 Å². The summed E-state index contributed by atoms with van der Waals surface area (Å²) in [6.45, 7) is 6.43. The number of carbonyl (C=O) groups is 1. The van der Waals surface area contributed by atoms with E-state index in [2.05, 4.69) is 23.9 Å². The Labute approximate surface area is 99.9 Å². The minimum atomic E-state index is -0.141. The average Bonchev–Trinajstić information content (AvgIpc) is 2.24. The van der Waals surface area contributed by atoms with Crippen molar-refractivity contribution in [2.45, 2.75) is 71.4 Å². The smallest absolute Gasteiger partial charge is 0.307 e. The molecule has 1 N–H and O–H groups in total. The monoisotopic (exact) mass is 229 g/mol. The van der Waals surface area contributed by atoms with E-state index in [-0.39, 0.29) is 12.0 Å². The van der Waals surface area contributed by atoms with Gasteiger partial charge in [-0.05, 0) is 20.3 Å². The van der Waals surface area contributed by atoms with E-state index in [0.29, 0.717) is 12.5 Å². The van der Waals surface area contributed by atoms with Gasteiger partial charge in [-0.15, -0.1) is 0 Å². The Bertz CT molecular complexity index is 183. The fraction of sp³-hybridized carbons (Fsp3) is 0.923. The molecule has 3 nitrogen and oxygen atoms in total. The van der Waals surface area contributed by atoms with Gasteiger partial charge in [-0.2, -0.15) is 0 Å². The molecule has 0 aliphatic carbocycles. The lowest BCUT2D eigenvalue weighted by molar-refractivity contribution is -0.141. The van der Waals surface area contributed by atoms with Crippen LogP contribution >= 0.6 is 0 Å². The Morgan fingerprint density at radius 2 is 1.88 bits per heavy atom. The van der Waals surface area contributed by atoms with E-state index < -0.39 is 0 Å². The van der Waals surface area contributed by atoms with Gasteiger partial charge in [-0.3, -0.25) is 4.79 Å². The standard InChI is InChI=1S/C13H27NO2/c1-5-6-7-8-9-11(2)14-12(3)10-13(15)16-4/h11-12,14H,5-10H2,1-4H3. The zero-order valence-electron chi connectivity index (χ0n) is 11.2. The summed E-state index contributed by atoms with van der Waals surface area (Å²) in [4.78, 5) is 11.0. The fourth-order valence-corrected chi connectivity index (χ4v) is 1.84. The highest BCUT2D eigenvalue weighted by molar-refractivity contribution is 5.69. The topological polar surface area (TPSA) is 38.3 Å². The minimum Gasteiger partial charge on any atom is -0.469 e. The maximum atomic E-state index is 11.0. The molecule has 0 spiro atoms. The largest absolute Gasteiger partial charge is 0.469 e. The van der Waals surface area contributed by atoms with E-state index in [0.717, 1.165) is 0 Å². The van der Waals surface area contributed by atoms with Crippen LogP contribution in [-0.4, -0.2) is 25.2 Å². The molecule has 0 saturated carbocycles. The first-order chi connectivity index (χ1) is 7.60. The van der Waals surface area contributed by atoms with Crippen molar-refractivity contribution >= 4 is 5.97 Å². The number of esters is 1. The van der Waals surface area contributed by atoms with E-state index in [1.54, 1.807) is 0 Å². The van der Waals surface area contributed by atoms with Crippen molar-refractivity contribution in [2.75, 3.05) is 7.11 Å². The van der Waals surface area contributed by atoms with Gasteiger partial charge in [0.25, 0.3) is 0 Å². The van der Waals surface area contributed by atoms with Crippen LogP contribution in [0.1, 0.15) is 59.3 Å². The Morgan fingerprint density at radius 3 is 2.44 bits per heavy atom. The summed E-state index contributed by atoms with van der Waals surface area (Å²) in [6, 6.07) is 0.685. The van der Waals surface area contributed by atoms with E-state index in [1.165, 1.54) is 39.2 Å². The lowest BCUT2D eigenvalue weighted by atomic mass is 10.1. The highest BCUT2D eigenvalue weighted by atomic mass is 16.5. The second kappa shape index (κ2) is 9.64. The van der Waals surface area contributed by atoms with Gasteiger partial charge in [0, 0.05) is 12.1 Å². The first kappa shape index (κ1) is 15.4. The molecule has 2 unspecified atom stereocenters. The fourth-order valence-electron chi connectivity index (χ4n) is 1.84. The Hall–Kier alpha value is -0.570. The van der Waals surface area contributed by atoms with Gasteiger partial charge in [0.05, 0.1) is 13.5 Å². The molecule has 0 aromatic carbocycles. The second-order valence-electron chi connectivity index (χ2n) is 4.60. The van der Waals surface area contributed by atoms with Crippen molar-refractivity contribution in [1.29, 1.82) is 0 Å². The summed E-state index contributed by atoms with van der Waals surface area (Å²) in [5, 5.41) is 3.42. The molecule has 96 valence electrons. The molecular weight excluding hydrogens is 202 g/mol. The molecule has 0 aromatic rings. The molecule has 0 aliphatic rings. The van der Waals surface area contributed by atoms with Crippen LogP contribution < -0.4 is 5.32 Å². The number of carbonyl (C=O) groups excluding carboxylic acids is 1. The molecule has 0 fully saturated rings.